The van der Waals surface area contributed by atoms with Crippen molar-refractivity contribution >= 4 is 11.9 Å². The number of hydrogen-bond donors (Lipinski definition) is 2. The topological polar surface area (TPSA) is 92.5 Å². The molecule has 1 unspecified atom stereocenters. The van der Waals surface area contributed by atoms with Crippen molar-refractivity contribution in [3.8, 4) is 0 Å². The first kappa shape index (κ1) is 15.7. The highest BCUT2D eigenvalue weighted by Crippen LogP contribution is 2.09. The van der Waals surface area contributed by atoms with Crippen LogP contribution in [0.3, 0.4) is 0 Å². The molecule has 8 nitrogen and oxygen atoms in total. The molecule has 2 rings (SSSR count). The molecule has 0 aromatic carbocycles. The summed E-state index contributed by atoms with van der Waals surface area (Å²) in [6.45, 7) is 8.80. The molecular formula is C13H23N5O3. The number of morpholine rings is 1. The molecule has 1 amide bonds. The molecule has 0 saturated carbocycles. The molecule has 2 heterocycles. The van der Waals surface area contributed by atoms with Gasteiger partial charge in [0, 0.05) is 19.1 Å². The minimum Gasteiger partial charge on any atom is -0.407 e. The second-order valence-corrected chi connectivity index (χ2v) is 5.34. The van der Waals surface area contributed by atoms with Crippen molar-refractivity contribution in [1.29, 1.82) is 0 Å². The number of aromatic nitrogens is 2. The Morgan fingerprint density at radius 2 is 2.00 bits per heavy atom. The summed E-state index contributed by atoms with van der Waals surface area (Å²) in [7, 11) is 0. The van der Waals surface area contributed by atoms with Crippen molar-refractivity contribution in [2.75, 3.05) is 31.6 Å². The standard InChI is InChI=1S/C13H23N5O3/c1-9(2)14-8-11-16-17-13(21-11)15-10(3)12(19)18-4-6-20-7-5-18/h9-10,14H,4-8H2,1-3H3,(H,15,17). The van der Waals surface area contributed by atoms with Crippen molar-refractivity contribution in [2.24, 2.45) is 0 Å². The molecule has 0 spiro atoms. The Balaban J connectivity index is 1.84. The summed E-state index contributed by atoms with van der Waals surface area (Å²) in [5.74, 6) is 0.510. The number of rotatable bonds is 6. The summed E-state index contributed by atoms with van der Waals surface area (Å²) < 4.78 is 10.7. The minimum absolute atomic E-state index is 0.0124. The van der Waals surface area contributed by atoms with Crippen LogP contribution in [0.25, 0.3) is 0 Å². The Labute approximate surface area is 124 Å². The molecule has 1 aromatic heterocycles. The quantitative estimate of drug-likeness (QED) is 0.776. The summed E-state index contributed by atoms with van der Waals surface area (Å²) in [5, 5.41) is 14.0. The van der Waals surface area contributed by atoms with Gasteiger partial charge >= 0.3 is 6.01 Å². The van der Waals surface area contributed by atoms with Gasteiger partial charge in [0.1, 0.15) is 6.04 Å². The average molecular weight is 297 g/mol. The molecular weight excluding hydrogens is 274 g/mol. The van der Waals surface area contributed by atoms with Crippen molar-refractivity contribution in [3.63, 3.8) is 0 Å². The first-order valence-electron chi connectivity index (χ1n) is 7.25. The third kappa shape index (κ3) is 4.68. The van der Waals surface area contributed by atoms with E-state index < -0.39 is 6.04 Å². The number of nitrogens with zero attached hydrogens (tertiary/aromatic N) is 3. The molecule has 1 aromatic rings. The summed E-state index contributed by atoms with van der Waals surface area (Å²) in [4.78, 5) is 14.0. The highest BCUT2D eigenvalue weighted by Gasteiger charge is 2.23. The highest BCUT2D eigenvalue weighted by atomic mass is 16.5. The van der Waals surface area contributed by atoms with Crippen LogP contribution < -0.4 is 10.6 Å². The van der Waals surface area contributed by atoms with Gasteiger partial charge < -0.3 is 24.7 Å². The van der Waals surface area contributed by atoms with E-state index in [4.69, 9.17) is 9.15 Å². The van der Waals surface area contributed by atoms with Crippen LogP contribution in [-0.2, 0) is 16.1 Å². The van der Waals surface area contributed by atoms with Gasteiger partial charge in [-0.1, -0.05) is 18.9 Å². The van der Waals surface area contributed by atoms with Gasteiger partial charge in [-0.15, -0.1) is 5.10 Å². The second-order valence-electron chi connectivity index (χ2n) is 5.34. The van der Waals surface area contributed by atoms with Crippen LogP contribution in [0.5, 0.6) is 0 Å². The van der Waals surface area contributed by atoms with Crippen molar-refractivity contribution < 1.29 is 13.9 Å². The number of nitrogens with one attached hydrogen (secondary N) is 2. The van der Waals surface area contributed by atoms with Crippen LogP contribution >= 0.6 is 0 Å². The maximum Gasteiger partial charge on any atom is 0.316 e. The van der Waals surface area contributed by atoms with E-state index in [9.17, 15) is 4.79 Å². The molecule has 0 bridgehead atoms. The van der Waals surface area contributed by atoms with E-state index in [0.29, 0.717) is 44.8 Å². The van der Waals surface area contributed by atoms with Crippen LogP contribution in [0.2, 0.25) is 0 Å². The summed E-state index contributed by atoms with van der Waals surface area (Å²) in [5.41, 5.74) is 0. The molecule has 8 heteroatoms. The second kappa shape index (κ2) is 7.37. The highest BCUT2D eigenvalue weighted by molar-refractivity contribution is 5.83. The Morgan fingerprint density at radius 3 is 2.67 bits per heavy atom. The van der Waals surface area contributed by atoms with E-state index in [-0.39, 0.29) is 11.9 Å². The lowest BCUT2D eigenvalue weighted by atomic mass is 10.2. The van der Waals surface area contributed by atoms with Crippen molar-refractivity contribution in [2.45, 2.75) is 39.4 Å². The average Bonchev–Trinajstić information content (AvgIpc) is 2.92. The number of amides is 1. The zero-order chi connectivity index (χ0) is 15.2. The molecule has 21 heavy (non-hydrogen) atoms. The predicted molar refractivity (Wildman–Crippen MR) is 76.8 cm³/mol. The summed E-state index contributed by atoms with van der Waals surface area (Å²) in [6, 6.07) is 0.203. The van der Waals surface area contributed by atoms with Gasteiger partial charge in [-0.3, -0.25) is 4.79 Å². The Kier molecular flexibility index (Phi) is 5.51. The fraction of sp³-hybridized carbons (Fsp3) is 0.769. The van der Waals surface area contributed by atoms with Crippen LogP contribution in [0.15, 0.2) is 4.42 Å². The van der Waals surface area contributed by atoms with Gasteiger partial charge in [-0.2, -0.15) is 0 Å². The minimum atomic E-state index is -0.408. The van der Waals surface area contributed by atoms with Crippen molar-refractivity contribution in [1.82, 2.24) is 20.4 Å². The largest absolute Gasteiger partial charge is 0.407 e. The lowest BCUT2D eigenvalue weighted by molar-refractivity contribution is -0.135. The summed E-state index contributed by atoms with van der Waals surface area (Å²) >= 11 is 0. The third-order valence-corrected chi connectivity index (χ3v) is 3.16. The number of carbonyl (C=O) groups excluding carboxylic acids is 1. The van der Waals surface area contributed by atoms with Gasteiger partial charge in [-0.05, 0) is 6.92 Å². The van der Waals surface area contributed by atoms with Crippen molar-refractivity contribution in [3.05, 3.63) is 5.89 Å². The number of carbonyl (C=O) groups is 1. The van der Waals surface area contributed by atoms with E-state index in [1.165, 1.54) is 0 Å². The van der Waals surface area contributed by atoms with E-state index in [1.807, 2.05) is 13.8 Å². The summed E-state index contributed by atoms with van der Waals surface area (Å²) in [6.07, 6.45) is 0. The van der Waals surface area contributed by atoms with E-state index >= 15 is 0 Å². The molecule has 1 aliphatic heterocycles. The zero-order valence-electron chi connectivity index (χ0n) is 12.8. The fourth-order valence-electron chi connectivity index (χ4n) is 1.98. The molecule has 1 aliphatic rings. The first-order valence-corrected chi connectivity index (χ1v) is 7.25. The SMILES string of the molecule is CC(C)NCc1nnc(NC(C)C(=O)N2CCOCC2)o1. The maximum atomic E-state index is 12.2. The number of hydrogen-bond acceptors (Lipinski definition) is 7. The molecule has 0 aliphatic carbocycles. The predicted octanol–water partition coefficient (Wildman–Crippen LogP) is 0.227. The number of anilines is 1. The third-order valence-electron chi connectivity index (χ3n) is 3.16. The lowest BCUT2D eigenvalue weighted by Crippen LogP contribution is -2.47. The molecule has 2 N–H and O–H groups in total. The Morgan fingerprint density at radius 1 is 1.29 bits per heavy atom. The Hall–Kier alpha value is -1.67. The normalized spacial score (nSPS) is 17.0. The van der Waals surface area contributed by atoms with Gasteiger partial charge in [0.25, 0.3) is 0 Å². The van der Waals surface area contributed by atoms with Gasteiger partial charge in [0.2, 0.25) is 11.8 Å². The molecule has 1 saturated heterocycles. The number of ether oxygens (including phenoxy) is 1. The molecule has 0 radical (unpaired) electrons. The molecule has 1 fully saturated rings. The van der Waals surface area contributed by atoms with E-state index in [1.54, 1.807) is 11.8 Å². The monoisotopic (exact) mass is 297 g/mol. The fourth-order valence-corrected chi connectivity index (χ4v) is 1.98. The smallest absolute Gasteiger partial charge is 0.316 e. The molecule has 118 valence electrons. The van der Waals surface area contributed by atoms with E-state index in [2.05, 4.69) is 20.8 Å². The lowest BCUT2D eigenvalue weighted by Gasteiger charge is -2.29. The van der Waals surface area contributed by atoms with Crippen LogP contribution in [0.1, 0.15) is 26.7 Å². The van der Waals surface area contributed by atoms with Gasteiger partial charge in [-0.25, -0.2) is 0 Å². The van der Waals surface area contributed by atoms with Crippen LogP contribution in [-0.4, -0.2) is 59.4 Å². The maximum absolute atomic E-state index is 12.2. The van der Waals surface area contributed by atoms with Crippen LogP contribution in [0.4, 0.5) is 6.01 Å². The molecule has 1 atom stereocenters. The van der Waals surface area contributed by atoms with E-state index in [0.717, 1.165) is 0 Å². The Bertz CT molecular complexity index is 456. The van der Waals surface area contributed by atoms with Gasteiger partial charge in [0.15, 0.2) is 0 Å². The first-order chi connectivity index (χ1) is 10.1. The van der Waals surface area contributed by atoms with Crippen LogP contribution in [0, 0.1) is 0 Å². The van der Waals surface area contributed by atoms with Gasteiger partial charge in [0.05, 0.1) is 19.8 Å². The zero-order valence-corrected chi connectivity index (χ0v) is 12.8.